The molecule has 4 rings (SSSR count). The lowest BCUT2D eigenvalue weighted by atomic mass is 9.98. The fourth-order valence-electron chi connectivity index (χ4n) is 3.50. The van der Waals surface area contributed by atoms with Crippen LogP contribution in [0, 0.1) is 0 Å². The summed E-state index contributed by atoms with van der Waals surface area (Å²) in [6.45, 7) is 4.89. The van der Waals surface area contributed by atoms with E-state index >= 15 is 0 Å². The predicted octanol–water partition coefficient (Wildman–Crippen LogP) is 3.51. The van der Waals surface area contributed by atoms with Crippen LogP contribution in [0.15, 0.2) is 54.9 Å². The molecule has 0 saturated carbocycles. The molecule has 3 aromatic rings. The van der Waals surface area contributed by atoms with Crippen molar-refractivity contribution >= 4 is 11.6 Å². The Morgan fingerprint density at radius 2 is 1.97 bits per heavy atom. The van der Waals surface area contributed by atoms with E-state index in [9.17, 15) is 4.79 Å². The van der Waals surface area contributed by atoms with Gasteiger partial charge in [0.15, 0.2) is 0 Å². The molecule has 0 bridgehead atoms. The number of amides is 1. The first kappa shape index (κ1) is 19.1. The quantitative estimate of drug-likeness (QED) is 0.698. The van der Waals surface area contributed by atoms with Crippen LogP contribution in [-0.4, -0.2) is 22.3 Å². The summed E-state index contributed by atoms with van der Waals surface area (Å²) in [5, 5.41) is 7.15. The molecule has 1 aromatic heterocycles. The number of carbonyl (C=O) groups is 1. The van der Waals surface area contributed by atoms with Crippen LogP contribution >= 0.6 is 0 Å². The molecule has 29 heavy (non-hydrogen) atoms. The highest BCUT2D eigenvalue weighted by molar-refractivity contribution is 5.83. The lowest BCUT2D eigenvalue weighted by Crippen LogP contribution is -2.44. The first-order valence-electron chi connectivity index (χ1n) is 9.87. The highest BCUT2D eigenvalue weighted by atomic mass is 16.5. The van der Waals surface area contributed by atoms with E-state index in [1.807, 2.05) is 26.0 Å². The summed E-state index contributed by atoms with van der Waals surface area (Å²) in [4.78, 5) is 12.6. The number of anilines is 1. The number of nitrogens with one attached hydrogen (secondary N) is 1. The first-order chi connectivity index (χ1) is 13.9. The molecule has 0 atom stereocenters. The van der Waals surface area contributed by atoms with Crippen LogP contribution in [0.25, 0.3) is 11.1 Å². The number of rotatable bonds is 5. The Morgan fingerprint density at radius 3 is 2.69 bits per heavy atom. The van der Waals surface area contributed by atoms with E-state index in [1.54, 1.807) is 17.1 Å². The van der Waals surface area contributed by atoms with Crippen LogP contribution in [0.5, 0.6) is 5.75 Å². The average Bonchev–Trinajstić information content (AvgIpc) is 3.19. The molecule has 0 saturated heterocycles. The third kappa shape index (κ3) is 3.97. The van der Waals surface area contributed by atoms with E-state index < -0.39 is 5.54 Å². The number of hydrogen-bond donors (Lipinski definition) is 2. The van der Waals surface area contributed by atoms with E-state index in [1.165, 1.54) is 11.1 Å². The molecule has 1 aliphatic rings. The van der Waals surface area contributed by atoms with Gasteiger partial charge in [-0.15, -0.1) is 0 Å². The second-order valence-electron chi connectivity index (χ2n) is 7.93. The predicted molar refractivity (Wildman–Crippen MR) is 114 cm³/mol. The second-order valence-corrected chi connectivity index (χ2v) is 7.93. The molecule has 6 nitrogen and oxygen atoms in total. The van der Waals surface area contributed by atoms with Crippen molar-refractivity contribution in [3.8, 4) is 16.9 Å². The maximum atomic E-state index is 12.6. The zero-order valence-corrected chi connectivity index (χ0v) is 16.8. The highest BCUT2D eigenvalue weighted by Crippen LogP contribution is 2.30. The summed E-state index contributed by atoms with van der Waals surface area (Å²) in [5.74, 6) is 0.889. The zero-order chi connectivity index (χ0) is 20.4. The largest absolute Gasteiger partial charge is 0.493 e. The van der Waals surface area contributed by atoms with Gasteiger partial charge in [-0.3, -0.25) is 9.48 Å². The van der Waals surface area contributed by atoms with Gasteiger partial charge in [0.25, 0.3) is 0 Å². The number of hydrogen-bond acceptors (Lipinski definition) is 4. The minimum absolute atomic E-state index is 0.112. The maximum absolute atomic E-state index is 12.6. The molecular formula is C23H26N4O2. The van der Waals surface area contributed by atoms with E-state index in [-0.39, 0.29) is 5.91 Å². The second kappa shape index (κ2) is 7.62. The molecule has 0 unspecified atom stereocenters. The molecule has 1 aliphatic heterocycles. The number of nitrogens with zero attached hydrogens (tertiary/aromatic N) is 2. The van der Waals surface area contributed by atoms with Crippen LogP contribution in [0.3, 0.4) is 0 Å². The maximum Gasteiger partial charge on any atom is 0.247 e. The lowest BCUT2D eigenvalue weighted by Gasteiger charge is -2.24. The van der Waals surface area contributed by atoms with Gasteiger partial charge in [0.2, 0.25) is 5.91 Å². The highest BCUT2D eigenvalue weighted by Gasteiger charge is 2.30. The van der Waals surface area contributed by atoms with Gasteiger partial charge in [0.1, 0.15) is 11.3 Å². The standard InChI is InChI=1S/C23H26N4O2/c1-23(2,27-15-20(24)14-26-27)22(28)25-13-16-5-7-17(8-6-16)18-9-10-21-19(12-18)4-3-11-29-21/h5-10,12,14-15H,3-4,11,13,24H2,1-2H3,(H,25,28). The Balaban J connectivity index is 1.41. The Morgan fingerprint density at radius 1 is 1.21 bits per heavy atom. The van der Waals surface area contributed by atoms with Crippen LogP contribution in [0.4, 0.5) is 5.69 Å². The van der Waals surface area contributed by atoms with Gasteiger partial charge < -0.3 is 15.8 Å². The molecule has 150 valence electrons. The number of ether oxygens (including phenoxy) is 1. The van der Waals surface area contributed by atoms with E-state index in [2.05, 4.69) is 40.7 Å². The monoisotopic (exact) mass is 390 g/mol. The van der Waals surface area contributed by atoms with Crippen molar-refractivity contribution in [3.63, 3.8) is 0 Å². The number of aryl methyl sites for hydroxylation is 1. The lowest BCUT2D eigenvalue weighted by molar-refractivity contribution is -0.129. The third-order valence-corrected chi connectivity index (χ3v) is 5.38. The summed E-state index contributed by atoms with van der Waals surface area (Å²) < 4.78 is 7.28. The normalized spacial score (nSPS) is 13.4. The average molecular weight is 390 g/mol. The summed E-state index contributed by atoms with van der Waals surface area (Å²) in [6.07, 6.45) is 5.33. The summed E-state index contributed by atoms with van der Waals surface area (Å²) in [7, 11) is 0. The number of fused-ring (bicyclic) bond motifs is 1. The van der Waals surface area contributed by atoms with Crippen LogP contribution in [0.1, 0.15) is 31.4 Å². The molecule has 0 fully saturated rings. The number of aromatic nitrogens is 2. The van der Waals surface area contributed by atoms with Crippen molar-refractivity contribution < 1.29 is 9.53 Å². The number of benzene rings is 2. The van der Waals surface area contributed by atoms with Gasteiger partial charge in [-0.25, -0.2) is 0 Å². The summed E-state index contributed by atoms with van der Waals surface area (Å²) in [5.41, 5.74) is 10.1. The molecular weight excluding hydrogens is 364 g/mol. The van der Waals surface area contributed by atoms with Crippen molar-refractivity contribution in [3.05, 3.63) is 66.0 Å². The van der Waals surface area contributed by atoms with Crippen molar-refractivity contribution in [2.45, 2.75) is 38.8 Å². The number of nitrogens with two attached hydrogens (primary N) is 1. The molecule has 0 spiro atoms. The van der Waals surface area contributed by atoms with Crippen molar-refractivity contribution in [2.75, 3.05) is 12.3 Å². The Hall–Kier alpha value is -3.28. The fraction of sp³-hybridized carbons (Fsp3) is 0.304. The van der Waals surface area contributed by atoms with E-state index in [0.29, 0.717) is 12.2 Å². The van der Waals surface area contributed by atoms with E-state index in [4.69, 9.17) is 10.5 Å². The van der Waals surface area contributed by atoms with Gasteiger partial charge >= 0.3 is 0 Å². The topological polar surface area (TPSA) is 82.2 Å². The number of carbonyl (C=O) groups excluding carboxylic acids is 1. The smallest absolute Gasteiger partial charge is 0.247 e. The van der Waals surface area contributed by atoms with Gasteiger partial charge in [0, 0.05) is 12.7 Å². The minimum Gasteiger partial charge on any atom is -0.493 e. The third-order valence-electron chi connectivity index (χ3n) is 5.38. The Kier molecular flexibility index (Phi) is 5.01. The number of nitrogen functional groups attached to an aromatic ring is 1. The molecule has 0 aliphatic carbocycles. The first-order valence-corrected chi connectivity index (χ1v) is 9.87. The van der Waals surface area contributed by atoms with Crippen LogP contribution in [-0.2, 0) is 23.3 Å². The summed E-state index contributed by atoms with van der Waals surface area (Å²) >= 11 is 0. The van der Waals surface area contributed by atoms with Gasteiger partial charge in [-0.2, -0.15) is 5.10 Å². The van der Waals surface area contributed by atoms with Crippen LogP contribution in [0.2, 0.25) is 0 Å². The van der Waals surface area contributed by atoms with Crippen molar-refractivity contribution in [1.29, 1.82) is 0 Å². The Bertz CT molecular complexity index is 1020. The molecule has 2 aromatic carbocycles. The van der Waals surface area contributed by atoms with Gasteiger partial charge in [0.05, 0.1) is 18.5 Å². The SMILES string of the molecule is CC(C)(C(=O)NCc1ccc(-c2ccc3c(c2)CCCO3)cc1)n1cc(N)cn1. The minimum atomic E-state index is -0.817. The molecule has 6 heteroatoms. The molecule has 1 amide bonds. The Labute approximate surface area is 170 Å². The van der Waals surface area contributed by atoms with Gasteiger partial charge in [-0.05, 0) is 61.1 Å². The van der Waals surface area contributed by atoms with E-state index in [0.717, 1.165) is 36.3 Å². The van der Waals surface area contributed by atoms with Gasteiger partial charge in [-0.1, -0.05) is 30.3 Å². The van der Waals surface area contributed by atoms with Crippen molar-refractivity contribution in [1.82, 2.24) is 15.1 Å². The van der Waals surface area contributed by atoms with Crippen LogP contribution < -0.4 is 15.8 Å². The summed E-state index contributed by atoms with van der Waals surface area (Å²) in [6, 6.07) is 14.6. The molecule has 0 radical (unpaired) electrons. The molecule has 3 N–H and O–H groups in total. The molecule has 2 heterocycles. The zero-order valence-electron chi connectivity index (χ0n) is 16.8. The fourth-order valence-corrected chi connectivity index (χ4v) is 3.50. The van der Waals surface area contributed by atoms with Crippen molar-refractivity contribution in [2.24, 2.45) is 0 Å².